The number of amides is 1. The molecule has 0 spiro atoms. The number of hydrogen-bond acceptors (Lipinski definition) is 3. The summed E-state index contributed by atoms with van der Waals surface area (Å²) in [6.45, 7) is 0.141. The quantitative estimate of drug-likeness (QED) is 0.659. The lowest BCUT2D eigenvalue weighted by Gasteiger charge is -2.10. The Bertz CT molecular complexity index is 481. The average Bonchev–Trinajstić information content (AvgIpc) is 2.95. The van der Waals surface area contributed by atoms with Gasteiger partial charge in [-0.25, -0.2) is 0 Å². The molecule has 3 nitrogen and oxygen atoms in total. The molecule has 5 heteroatoms. The van der Waals surface area contributed by atoms with Crippen LogP contribution in [-0.2, 0) is 4.79 Å². The molecule has 18 heavy (non-hydrogen) atoms. The lowest BCUT2D eigenvalue weighted by molar-refractivity contribution is -0.116. The van der Waals surface area contributed by atoms with Crippen LogP contribution in [-0.4, -0.2) is 23.7 Å². The number of aliphatic hydroxyl groups is 1. The van der Waals surface area contributed by atoms with Gasteiger partial charge in [0.2, 0.25) is 5.91 Å². The van der Waals surface area contributed by atoms with Crippen molar-refractivity contribution < 1.29 is 9.90 Å². The fourth-order valence-corrected chi connectivity index (χ4v) is 2.97. The van der Waals surface area contributed by atoms with Gasteiger partial charge in [0.1, 0.15) is 0 Å². The maximum absolute atomic E-state index is 11.7. The van der Waals surface area contributed by atoms with Crippen molar-refractivity contribution in [3.8, 4) is 0 Å². The van der Waals surface area contributed by atoms with E-state index in [4.69, 9.17) is 5.11 Å². The second-order valence-electron chi connectivity index (χ2n) is 4.20. The van der Waals surface area contributed by atoms with Crippen molar-refractivity contribution in [2.24, 2.45) is 5.92 Å². The summed E-state index contributed by atoms with van der Waals surface area (Å²) in [5.74, 6) is 0.0673. The van der Waals surface area contributed by atoms with Crippen LogP contribution in [0, 0.1) is 5.92 Å². The molecule has 1 amide bonds. The Labute approximate surface area is 118 Å². The first-order chi connectivity index (χ1) is 8.67. The summed E-state index contributed by atoms with van der Waals surface area (Å²) in [6, 6.07) is 2.00. The highest BCUT2D eigenvalue weighted by Gasteiger charge is 2.18. The third-order valence-electron chi connectivity index (χ3n) is 2.75. The Morgan fingerprint density at radius 3 is 3.06 bits per heavy atom. The first-order valence-electron chi connectivity index (χ1n) is 5.69. The Morgan fingerprint density at radius 2 is 2.44 bits per heavy atom. The minimum absolute atomic E-state index is 0.0357. The second-order valence-corrected chi connectivity index (χ2v) is 6.49. The van der Waals surface area contributed by atoms with Crippen LogP contribution in [0.25, 0.3) is 6.08 Å². The first kappa shape index (κ1) is 13.5. The van der Waals surface area contributed by atoms with E-state index in [1.54, 1.807) is 17.4 Å². The summed E-state index contributed by atoms with van der Waals surface area (Å²) in [6.07, 6.45) is 7.99. The maximum atomic E-state index is 11.7. The van der Waals surface area contributed by atoms with E-state index in [0.29, 0.717) is 0 Å². The van der Waals surface area contributed by atoms with Gasteiger partial charge in [0.15, 0.2) is 0 Å². The molecule has 0 saturated heterocycles. The van der Waals surface area contributed by atoms with Crippen molar-refractivity contribution in [2.75, 3.05) is 6.61 Å². The third-order valence-corrected chi connectivity index (χ3v) is 4.27. The fourth-order valence-electron chi connectivity index (χ4n) is 1.83. The number of rotatable bonds is 4. The number of carbonyl (C=O) groups is 1. The van der Waals surface area contributed by atoms with Crippen molar-refractivity contribution in [2.45, 2.75) is 12.5 Å². The number of carbonyl (C=O) groups excluding carboxylic acids is 1. The van der Waals surface area contributed by atoms with E-state index in [1.807, 2.05) is 23.6 Å². The Kier molecular flexibility index (Phi) is 4.74. The summed E-state index contributed by atoms with van der Waals surface area (Å²) < 4.78 is 1.05. The van der Waals surface area contributed by atoms with E-state index in [1.165, 1.54) is 6.08 Å². The van der Waals surface area contributed by atoms with Crippen LogP contribution in [0.3, 0.4) is 0 Å². The number of hydrogen-bond donors (Lipinski definition) is 2. The molecular weight excluding hydrogens is 314 g/mol. The van der Waals surface area contributed by atoms with Gasteiger partial charge in [-0.1, -0.05) is 12.2 Å². The van der Waals surface area contributed by atoms with Gasteiger partial charge < -0.3 is 10.4 Å². The molecule has 0 fully saturated rings. The van der Waals surface area contributed by atoms with Crippen LogP contribution < -0.4 is 5.32 Å². The van der Waals surface area contributed by atoms with Crippen molar-refractivity contribution in [3.05, 3.63) is 39.0 Å². The number of aliphatic hydroxyl groups excluding tert-OH is 1. The van der Waals surface area contributed by atoms with Gasteiger partial charge in [-0.3, -0.25) is 4.79 Å². The lowest BCUT2D eigenvalue weighted by atomic mass is 10.1. The molecule has 1 aromatic rings. The largest absolute Gasteiger partial charge is 0.396 e. The van der Waals surface area contributed by atoms with Gasteiger partial charge in [0.05, 0.1) is 3.79 Å². The monoisotopic (exact) mass is 327 g/mol. The summed E-state index contributed by atoms with van der Waals surface area (Å²) in [5, 5.41) is 13.9. The van der Waals surface area contributed by atoms with E-state index in [-0.39, 0.29) is 24.5 Å². The maximum Gasteiger partial charge on any atom is 0.244 e. The highest BCUT2D eigenvalue weighted by Crippen LogP contribution is 2.21. The summed E-state index contributed by atoms with van der Waals surface area (Å²) in [7, 11) is 0. The molecule has 0 unspecified atom stereocenters. The SMILES string of the molecule is O=C(/C=C/c1csc(Br)c1)N[C@@H]1C=C[C@H](CO)C1. The average molecular weight is 328 g/mol. The molecular formula is C13H14BrNO2S. The molecule has 0 bridgehead atoms. The minimum atomic E-state index is -0.106. The number of nitrogens with one attached hydrogen (secondary N) is 1. The van der Waals surface area contributed by atoms with Crippen LogP contribution >= 0.6 is 27.3 Å². The topological polar surface area (TPSA) is 49.3 Å². The molecule has 96 valence electrons. The van der Waals surface area contributed by atoms with Gasteiger partial charge in [0.25, 0.3) is 0 Å². The van der Waals surface area contributed by atoms with Gasteiger partial charge in [-0.05, 0) is 45.4 Å². The summed E-state index contributed by atoms with van der Waals surface area (Å²) in [4.78, 5) is 11.7. The van der Waals surface area contributed by atoms with Crippen molar-refractivity contribution >= 4 is 39.2 Å². The molecule has 0 saturated carbocycles. The van der Waals surface area contributed by atoms with Crippen LogP contribution in [0.15, 0.2) is 33.5 Å². The zero-order chi connectivity index (χ0) is 13.0. The van der Waals surface area contributed by atoms with Crippen LogP contribution in [0.2, 0.25) is 0 Å². The molecule has 1 aliphatic rings. The minimum Gasteiger partial charge on any atom is -0.396 e. The van der Waals surface area contributed by atoms with Crippen LogP contribution in [0.5, 0.6) is 0 Å². The standard InChI is InChI=1S/C13H14BrNO2S/c14-12-6-10(8-18-12)2-4-13(17)15-11-3-1-9(5-11)7-16/h1-4,6,8-9,11,16H,5,7H2,(H,15,17)/b4-2+/t9-,11+/m0/s1. The van der Waals surface area contributed by atoms with E-state index in [9.17, 15) is 4.79 Å². The smallest absolute Gasteiger partial charge is 0.244 e. The molecule has 2 rings (SSSR count). The molecule has 1 heterocycles. The molecule has 2 N–H and O–H groups in total. The van der Waals surface area contributed by atoms with Gasteiger partial charge in [0, 0.05) is 24.6 Å². The third kappa shape index (κ3) is 3.80. The fraction of sp³-hybridized carbons (Fsp3) is 0.308. The predicted molar refractivity (Wildman–Crippen MR) is 77.3 cm³/mol. The zero-order valence-electron chi connectivity index (χ0n) is 9.67. The highest BCUT2D eigenvalue weighted by molar-refractivity contribution is 9.11. The van der Waals surface area contributed by atoms with Gasteiger partial charge in [-0.15, -0.1) is 11.3 Å². The highest BCUT2D eigenvalue weighted by atomic mass is 79.9. The van der Waals surface area contributed by atoms with Crippen molar-refractivity contribution in [1.82, 2.24) is 5.32 Å². The molecule has 0 aromatic carbocycles. The number of thiophene rings is 1. The first-order valence-corrected chi connectivity index (χ1v) is 7.36. The molecule has 1 aliphatic carbocycles. The number of halogens is 1. The molecule has 0 aliphatic heterocycles. The second kappa shape index (κ2) is 6.31. The molecule has 2 atom stereocenters. The van der Waals surface area contributed by atoms with Crippen LogP contribution in [0.4, 0.5) is 0 Å². The lowest BCUT2D eigenvalue weighted by Crippen LogP contribution is -2.31. The normalized spacial score (nSPS) is 22.8. The van der Waals surface area contributed by atoms with Crippen molar-refractivity contribution in [3.63, 3.8) is 0 Å². The summed E-state index contributed by atoms with van der Waals surface area (Å²) in [5.41, 5.74) is 1.01. The van der Waals surface area contributed by atoms with Gasteiger partial charge in [-0.2, -0.15) is 0 Å². The van der Waals surface area contributed by atoms with Crippen molar-refractivity contribution in [1.29, 1.82) is 0 Å². The zero-order valence-corrected chi connectivity index (χ0v) is 12.1. The molecule has 1 aromatic heterocycles. The Hall–Kier alpha value is -0.910. The van der Waals surface area contributed by atoms with E-state index >= 15 is 0 Å². The summed E-state index contributed by atoms with van der Waals surface area (Å²) >= 11 is 4.96. The molecule has 0 radical (unpaired) electrons. The van der Waals surface area contributed by atoms with E-state index in [0.717, 1.165) is 15.8 Å². The van der Waals surface area contributed by atoms with Crippen LogP contribution in [0.1, 0.15) is 12.0 Å². The van der Waals surface area contributed by atoms with E-state index < -0.39 is 0 Å². The Balaban J connectivity index is 1.82. The van der Waals surface area contributed by atoms with Gasteiger partial charge >= 0.3 is 0 Å². The van der Waals surface area contributed by atoms with E-state index in [2.05, 4.69) is 21.2 Å². The Morgan fingerprint density at radius 1 is 1.61 bits per heavy atom. The predicted octanol–water partition coefficient (Wildman–Crippen LogP) is 2.58.